The highest BCUT2D eigenvalue weighted by atomic mass is 16.3. The van der Waals surface area contributed by atoms with Crippen molar-refractivity contribution >= 4 is 0 Å². The molecule has 0 amide bonds. The zero-order valence-electron chi connectivity index (χ0n) is 8.85. The van der Waals surface area contributed by atoms with E-state index in [0.29, 0.717) is 0 Å². The summed E-state index contributed by atoms with van der Waals surface area (Å²) in [6.07, 6.45) is 2.44. The summed E-state index contributed by atoms with van der Waals surface area (Å²) in [5, 5.41) is 3.10. The van der Waals surface area contributed by atoms with Crippen LogP contribution in [-0.2, 0) is 11.8 Å². The van der Waals surface area contributed by atoms with Crippen molar-refractivity contribution in [3.05, 3.63) is 17.8 Å². The summed E-state index contributed by atoms with van der Waals surface area (Å²) in [6, 6.07) is 0. The maximum Gasteiger partial charge on any atom is 0.181 e. The Morgan fingerprint density at radius 1 is 1.46 bits per heavy atom. The van der Waals surface area contributed by atoms with E-state index in [9.17, 15) is 0 Å². The molecule has 1 aromatic rings. The van der Waals surface area contributed by atoms with Crippen LogP contribution < -0.4 is 5.32 Å². The predicted molar refractivity (Wildman–Crippen MR) is 52.8 cm³/mol. The minimum Gasteiger partial charge on any atom is -0.448 e. The van der Waals surface area contributed by atoms with Crippen molar-refractivity contribution in [2.24, 2.45) is 0 Å². The van der Waals surface area contributed by atoms with Gasteiger partial charge in [-0.15, -0.1) is 0 Å². The SMILES string of the molecule is CNCCc1ocnc1C(C)(C)C. The second kappa shape index (κ2) is 3.92. The van der Waals surface area contributed by atoms with Crippen LogP contribution in [0.3, 0.4) is 0 Å². The Morgan fingerprint density at radius 3 is 2.69 bits per heavy atom. The van der Waals surface area contributed by atoms with Crippen molar-refractivity contribution in [3.63, 3.8) is 0 Å². The van der Waals surface area contributed by atoms with Gasteiger partial charge >= 0.3 is 0 Å². The Bertz CT molecular complexity index is 260. The number of hydrogen-bond donors (Lipinski definition) is 1. The van der Waals surface area contributed by atoms with E-state index in [0.717, 1.165) is 24.4 Å². The fourth-order valence-electron chi connectivity index (χ4n) is 1.30. The Morgan fingerprint density at radius 2 is 2.15 bits per heavy atom. The van der Waals surface area contributed by atoms with Gasteiger partial charge in [0.15, 0.2) is 6.39 Å². The number of rotatable bonds is 3. The topological polar surface area (TPSA) is 38.1 Å². The molecule has 0 radical (unpaired) electrons. The summed E-state index contributed by atoms with van der Waals surface area (Å²) >= 11 is 0. The van der Waals surface area contributed by atoms with Gasteiger partial charge in [0.25, 0.3) is 0 Å². The van der Waals surface area contributed by atoms with Crippen LogP contribution in [0.25, 0.3) is 0 Å². The van der Waals surface area contributed by atoms with Gasteiger partial charge in [0, 0.05) is 18.4 Å². The summed E-state index contributed by atoms with van der Waals surface area (Å²) in [6.45, 7) is 7.37. The summed E-state index contributed by atoms with van der Waals surface area (Å²) in [7, 11) is 1.94. The number of likely N-dealkylation sites (N-methyl/N-ethyl adjacent to an activating group) is 1. The zero-order valence-corrected chi connectivity index (χ0v) is 8.85. The second-order valence-corrected chi connectivity index (χ2v) is 4.23. The molecule has 13 heavy (non-hydrogen) atoms. The highest BCUT2D eigenvalue weighted by Gasteiger charge is 2.21. The molecule has 0 saturated heterocycles. The van der Waals surface area contributed by atoms with Crippen molar-refractivity contribution in [3.8, 4) is 0 Å². The van der Waals surface area contributed by atoms with Gasteiger partial charge in [0.05, 0.1) is 5.69 Å². The first kappa shape index (κ1) is 10.3. The molecule has 0 aliphatic rings. The lowest BCUT2D eigenvalue weighted by Crippen LogP contribution is -2.17. The van der Waals surface area contributed by atoms with Crippen LogP contribution in [0.4, 0.5) is 0 Å². The van der Waals surface area contributed by atoms with Crippen molar-refractivity contribution in [2.75, 3.05) is 13.6 Å². The molecule has 0 aromatic carbocycles. The molecule has 0 atom stereocenters. The first-order valence-electron chi connectivity index (χ1n) is 4.63. The van der Waals surface area contributed by atoms with Crippen LogP contribution in [-0.4, -0.2) is 18.6 Å². The molecular formula is C10H18N2O. The maximum atomic E-state index is 5.34. The number of oxazole rings is 1. The van der Waals surface area contributed by atoms with E-state index in [1.165, 1.54) is 6.39 Å². The fraction of sp³-hybridized carbons (Fsp3) is 0.700. The summed E-state index contributed by atoms with van der Waals surface area (Å²) in [5.41, 5.74) is 1.15. The second-order valence-electron chi connectivity index (χ2n) is 4.23. The normalized spacial score (nSPS) is 12.0. The van der Waals surface area contributed by atoms with Crippen LogP contribution in [0.5, 0.6) is 0 Å². The highest BCUT2D eigenvalue weighted by Crippen LogP contribution is 2.24. The molecule has 0 aliphatic carbocycles. The van der Waals surface area contributed by atoms with Crippen molar-refractivity contribution in [1.29, 1.82) is 0 Å². The zero-order chi connectivity index (χ0) is 9.90. The lowest BCUT2D eigenvalue weighted by atomic mass is 9.90. The van der Waals surface area contributed by atoms with Gasteiger partial charge in [-0.05, 0) is 7.05 Å². The van der Waals surface area contributed by atoms with Crippen molar-refractivity contribution in [2.45, 2.75) is 32.6 Å². The third-order valence-corrected chi connectivity index (χ3v) is 1.95. The average Bonchev–Trinajstić information content (AvgIpc) is 2.47. The molecule has 1 rings (SSSR count). The van der Waals surface area contributed by atoms with Crippen molar-refractivity contribution in [1.82, 2.24) is 10.3 Å². The van der Waals surface area contributed by atoms with Gasteiger partial charge in [0.1, 0.15) is 5.76 Å². The molecule has 0 spiro atoms. The molecule has 74 valence electrons. The number of nitrogens with zero attached hydrogens (tertiary/aromatic N) is 1. The third kappa shape index (κ3) is 2.56. The van der Waals surface area contributed by atoms with E-state index < -0.39 is 0 Å². The van der Waals surface area contributed by atoms with E-state index in [1.807, 2.05) is 7.05 Å². The largest absolute Gasteiger partial charge is 0.448 e. The third-order valence-electron chi connectivity index (χ3n) is 1.95. The summed E-state index contributed by atoms with van der Waals surface area (Å²) < 4.78 is 5.34. The van der Waals surface area contributed by atoms with Crippen LogP contribution in [0.15, 0.2) is 10.8 Å². The molecule has 1 aromatic heterocycles. The van der Waals surface area contributed by atoms with E-state index in [1.54, 1.807) is 0 Å². The predicted octanol–water partition coefficient (Wildman–Crippen LogP) is 1.73. The van der Waals surface area contributed by atoms with Gasteiger partial charge in [-0.2, -0.15) is 0 Å². The van der Waals surface area contributed by atoms with E-state index in [2.05, 4.69) is 31.1 Å². The van der Waals surface area contributed by atoms with Gasteiger partial charge in [-0.3, -0.25) is 0 Å². The number of nitrogens with one attached hydrogen (secondary N) is 1. The van der Waals surface area contributed by atoms with Crippen LogP contribution in [0, 0.1) is 0 Å². The van der Waals surface area contributed by atoms with E-state index in [-0.39, 0.29) is 5.41 Å². The van der Waals surface area contributed by atoms with Gasteiger partial charge in [-0.1, -0.05) is 20.8 Å². The lowest BCUT2D eigenvalue weighted by molar-refractivity contribution is 0.479. The standard InChI is InChI=1S/C10H18N2O/c1-10(2,3)9-8(5-6-11-4)13-7-12-9/h7,11H,5-6H2,1-4H3. The molecule has 1 N–H and O–H groups in total. The number of aromatic nitrogens is 1. The molecule has 0 unspecified atom stereocenters. The summed E-state index contributed by atoms with van der Waals surface area (Å²) in [5.74, 6) is 1.00. The first-order valence-corrected chi connectivity index (χ1v) is 4.63. The van der Waals surface area contributed by atoms with Gasteiger partial charge < -0.3 is 9.73 Å². The Balaban J connectivity index is 2.77. The number of hydrogen-bond acceptors (Lipinski definition) is 3. The highest BCUT2D eigenvalue weighted by molar-refractivity contribution is 5.17. The van der Waals surface area contributed by atoms with Crippen LogP contribution >= 0.6 is 0 Å². The van der Waals surface area contributed by atoms with Gasteiger partial charge in [0.2, 0.25) is 0 Å². The van der Waals surface area contributed by atoms with E-state index >= 15 is 0 Å². The lowest BCUT2D eigenvalue weighted by Gasteiger charge is -2.16. The minimum absolute atomic E-state index is 0.0794. The molecule has 3 heteroatoms. The van der Waals surface area contributed by atoms with Crippen LogP contribution in [0.2, 0.25) is 0 Å². The average molecular weight is 182 g/mol. The molecule has 1 heterocycles. The molecular weight excluding hydrogens is 164 g/mol. The first-order chi connectivity index (χ1) is 6.05. The molecule has 0 bridgehead atoms. The Labute approximate surface area is 79.5 Å². The Kier molecular flexibility index (Phi) is 3.09. The quantitative estimate of drug-likeness (QED) is 0.773. The molecule has 3 nitrogen and oxygen atoms in total. The van der Waals surface area contributed by atoms with Gasteiger partial charge in [-0.25, -0.2) is 4.98 Å². The maximum absolute atomic E-state index is 5.34. The van der Waals surface area contributed by atoms with Crippen LogP contribution in [0.1, 0.15) is 32.2 Å². The van der Waals surface area contributed by atoms with Crippen molar-refractivity contribution < 1.29 is 4.42 Å². The molecule has 0 fully saturated rings. The smallest absolute Gasteiger partial charge is 0.181 e. The molecule has 0 aliphatic heterocycles. The summed E-state index contributed by atoms with van der Waals surface area (Å²) in [4.78, 5) is 4.25. The van der Waals surface area contributed by atoms with E-state index in [4.69, 9.17) is 4.42 Å². The Hall–Kier alpha value is -0.830. The fourth-order valence-corrected chi connectivity index (χ4v) is 1.30. The monoisotopic (exact) mass is 182 g/mol. The molecule has 0 saturated carbocycles. The minimum atomic E-state index is 0.0794.